The van der Waals surface area contributed by atoms with E-state index >= 15 is 0 Å². The molecule has 4 atom stereocenters. The van der Waals surface area contributed by atoms with Gasteiger partial charge < -0.3 is 10.6 Å². The van der Waals surface area contributed by atoms with E-state index in [1.807, 2.05) is 6.92 Å². The number of guanidine groups is 1. The molecule has 31 heavy (non-hydrogen) atoms. The minimum atomic E-state index is -0.591. The lowest BCUT2D eigenvalue weighted by atomic mass is 9.85. The van der Waals surface area contributed by atoms with Gasteiger partial charge in [0.15, 0.2) is 5.96 Å². The van der Waals surface area contributed by atoms with Gasteiger partial charge in [0.1, 0.15) is 11.6 Å². The highest BCUT2D eigenvalue weighted by molar-refractivity contribution is 6.06. The first kappa shape index (κ1) is 21.5. The number of hydrogen-bond acceptors (Lipinski definition) is 3. The van der Waals surface area contributed by atoms with Crippen LogP contribution in [0.3, 0.4) is 0 Å². The number of carbonyl (C=O) groups excluding carboxylic acids is 2. The Bertz CT molecular complexity index is 887. The van der Waals surface area contributed by atoms with Crippen LogP contribution in [0.4, 0.5) is 8.78 Å². The van der Waals surface area contributed by atoms with Crippen molar-refractivity contribution in [2.24, 2.45) is 28.7 Å². The lowest BCUT2D eigenvalue weighted by molar-refractivity contribution is -0.140. The molecule has 2 N–H and O–H groups in total. The Kier molecular flexibility index (Phi) is 6.34. The lowest BCUT2D eigenvalue weighted by Crippen LogP contribution is -2.38. The van der Waals surface area contributed by atoms with Gasteiger partial charge in [-0.1, -0.05) is 18.2 Å². The van der Waals surface area contributed by atoms with Crippen LogP contribution in [0.2, 0.25) is 0 Å². The Hall–Kier alpha value is -2.77. The first-order chi connectivity index (χ1) is 15.0. The minimum Gasteiger partial charge on any atom is -0.357 e. The Labute approximate surface area is 180 Å². The number of nitrogens with one attached hydrogen (secondary N) is 2. The number of aliphatic imine (C=N–C) groups is 1. The summed E-state index contributed by atoms with van der Waals surface area (Å²) in [6.45, 7) is 3.89. The van der Waals surface area contributed by atoms with E-state index in [0.717, 1.165) is 12.5 Å². The zero-order chi connectivity index (χ0) is 22.0. The number of carbonyl (C=O) groups is 2. The van der Waals surface area contributed by atoms with Crippen LogP contribution in [-0.2, 0) is 16.0 Å². The average Bonchev–Trinajstić information content (AvgIpc) is 3.42. The molecule has 2 amide bonds. The molecular weight excluding hydrogens is 402 g/mol. The van der Waals surface area contributed by atoms with Gasteiger partial charge in [-0.3, -0.25) is 19.5 Å². The third-order valence-electron chi connectivity index (χ3n) is 6.42. The van der Waals surface area contributed by atoms with Crippen LogP contribution in [0.1, 0.15) is 25.3 Å². The third kappa shape index (κ3) is 4.34. The van der Waals surface area contributed by atoms with Crippen molar-refractivity contribution in [3.05, 3.63) is 47.5 Å². The highest BCUT2D eigenvalue weighted by Gasteiger charge is 2.58. The summed E-state index contributed by atoms with van der Waals surface area (Å²) in [6, 6.07) is 3.57. The second kappa shape index (κ2) is 9.16. The maximum absolute atomic E-state index is 13.7. The van der Waals surface area contributed by atoms with Crippen LogP contribution in [-0.4, -0.2) is 48.9 Å². The van der Waals surface area contributed by atoms with Crippen LogP contribution in [0.5, 0.6) is 0 Å². The topological polar surface area (TPSA) is 73.8 Å². The SMILES string of the molecule is CCNC(=NCCCN1C(=O)C2C3C=CC(C3)C2C1=O)NCCc1ccc(F)cc1F. The largest absolute Gasteiger partial charge is 0.357 e. The summed E-state index contributed by atoms with van der Waals surface area (Å²) in [5, 5.41) is 6.25. The van der Waals surface area contributed by atoms with Crippen LogP contribution in [0.25, 0.3) is 0 Å². The number of allylic oxidation sites excluding steroid dienone is 2. The molecule has 4 rings (SSSR count). The van der Waals surface area contributed by atoms with E-state index in [0.29, 0.717) is 50.5 Å². The maximum atomic E-state index is 13.7. The number of benzene rings is 1. The van der Waals surface area contributed by atoms with Gasteiger partial charge >= 0.3 is 0 Å². The summed E-state index contributed by atoms with van der Waals surface area (Å²) in [4.78, 5) is 31.3. The molecule has 1 saturated heterocycles. The van der Waals surface area contributed by atoms with Crippen molar-refractivity contribution in [2.75, 3.05) is 26.2 Å². The monoisotopic (exact) mass is 430 g/mol. The quantitative estimate of drug-likeness (QED) is 0.218. The first-order valence-electron chi connectivity index (χ1n) is 11.0. The van der Waals surface area contributed by atoms with Crippen molar-refractivity contribution in [3.8, 4) is 0 Å². The molecule has 2 fully saturated rings. The third-order valence-corrected chi connectivity index (χ3v) is 6.42. The summed E-state index contributed by atoms with van der Waals surface area (Å²) >= 11 is 0. The number of hydrogen-bond donors (Lipinski definition) is 2. The molecule has 1 saturated carbocycles. The predicted octanol–water partition coefficient (Wildman–Crippen LogP) is 2.26. The lowest BCUT2D eigenvalue weighted by Gasteiger charge is -2.17. The van der Waals surface area contributed by atoms with Crippen molar-refractivity contribution in [3.63, 3.8) is 0 Å². The van der Waals surface area contributed by atoms with Gasteiger partial charge in [-0.05, 0) is 49.7 Å². The van der Waals surface area contributed by atoms with Crippen molar-refractivity contribution in [1.82, 2.24) is 15.5 Å². The summed E-state index contributed by atoms with van der Waals surface area (Å²) in [5.74, 6) is -0.472. The molecular formula is C23H28F2N4O2. The Morgan fingerprint density at radius 3 is 2.48 bits per heavy atom. The fraction of sp³-hybridized carbons (Fsp3) is 0.522. The van der Waals surface area contributed by atoms with E-state index in [1.54, 1.807) is 0 Å². The number of halogens is 2. The normalized spacial score (nSPS) is 26.7. The molecule has 4 unspecified atom stereocenters. The molecule has 1 aromatic carbocycles. The molecule has 0 spiro atoms. The fourth-order valence-electron chi connectivity index (χ4n) is 4.99. The van der Waals surface area contributed by atoms with Crippen LogP contribution in [0.15, 0.2) is 35.3 Å². The second-order valence-corrected chi connectivity index (χ2v) is 8.35. The van der Waals surface area contributed by atoms with Crippen molar-refractivity contribution >= 4 is 17.8 Å². The summed E-state index contributed by atoms with van der Waals surface area (Å²) in [7, 11) is 0. The van der Waals surface area contributed by atoms with Crippen molar-refractivity contribution in [2.45, 2.75) is 26.2 Å². The van der Waals surface area contributed by atoms with Crippen molar-refractivity contribution in [1.29, 1.82) is 0 Å². The highest BCUT2D eigenvalue weighted by Crippen LogP contribution is 2.52. The van der Waals surface area contributed by atoms with E-state index in [1.165, 1.54) is 17.0 Å². The first-order valence-corrected chi connectivity index (χ1v) is 11.0. The molecule has 1 aromatic rings. The highest BCUT2D eigenvalue weighted by atomic mass is 19.1. The molecule has 166 valence electrons. The predicted molar refractivity (Wildman–Crippen MR) is 113 cm³/mol. The van der Waals surface area contributed by atoms with E-state index in [-0.39, 0.29) is 35.5 Å². The molecule has 1 heterocycles. The zero-order valence-corrected chi connectivity index (χ0v) is 17.6. The minimum absolute atomic E-state index is 0.0258. The Balaban J connectivity index is 1.25. The van der Waals surface area contributed by atoms with Gasteiger partial charge in [0, 0.05) is 32.2 Å². The Morgan fingerprint density at radius 1 is 1.13 bits per heavy atom. The van der Waals surface area contributed by atoms with Gasteiger partial charge in [0.05, 0.1) is 11.8 Å². The van der Waals surface area contributed by atoms with E-state index < -0.39 is 11.6 Å². The molecule has 0 radical (unpaired) electrons. The number of nitrogens with zero attached hydrogens (tertiary/aromatic N) is 2. The summed E-state index contributed by atoms with van der Waals surface area (Å²) in [6.07, 6.45) is 6.10. The molecule has 0 aromatic heterocycles. The zero-order valence-electron chi connectivity index (χ0n) is 17.6. The van der Waals surface area contributed by atoms with Crippen LogP contribution in [0, 0.1) is 35.3 Å². The summed E-state index contributed by atoms with van der Waals surface area (Å²) < 4.78 is 26.7. The van der Waals surface area contributed by atoms with E-state index in [2.05, 4.69) is 27.8 Å². The number of rotatable bonds is 8. The molecule has 3 aliphatic rings. The number of likely N-dealkylation sites (tertiary alicyclic amines) is 1. The van der Waals surface area contributed by atoms with Gasteiger partial charge in [-0.25, -0.2) is 8.78 Å². The standard InChI is InChI=1S/C23H28F2N4O2/c1-2-26-23(28-10-8-14-6-7-17(24)13-18(14)25)27-9-3-11-29-21(30)19-15-4-5-16(12-15)20(19)22(29)31/h4-7,13,15-16,19-20H,2-3,8-12H2,1H3,(H2,26,27,28). The van der Waals surface area contributed by atoms with Crippen LogP contribution < -0.4 is 10.6 Å². The van der Waals surface area contributed by atoms with Crippen molar-refractivity contribution < 1.29 is 18.4 Å². The van der Waals surface area contributed by atoms with Gasteiger partial charge in [-0.2, -0.15) is 0 Å². The summed E-state index contributed by atoms with van der Waals surface area (Å²) in [5.41, 5.74) is 0.435. The Morgan fingerprint density at radius 2 is 1.84 bits per heavy atom. The fourth-order valence-corrected chi connectivity index (χ4v) is 4.99. The maximum Gasteiger partial charge on any atom is 0.233 e. The smallest absolute Gasteiger partial charge is 0.233 e. The molecule has 8 heteroatoms. The number of amides is 2. The molecule has 2 bridgehead atoms. The molecule has 1 aliphatic heterocycles. The van der Waals surface area contributed by atoms with E-state index in [9.17, 15) is 18.4 Å². The molecule has 6 nitrogen and oxygen atoms in total. The van der Waals surface area contributed by atoms with Gasteiger partial charge in [0.2, 0.25) is 11.8 Å². The second-order valence-electron chi connectivity index (χ2n) is 8.35. The number of imide groups is 1. The number of fused-ring (bicyclic) bond motifs is 5. The van der Waals surface area contributed by atoms with Gasteiger partial charge in [0.25, 0.3) is 0 Å². The van der Waals surface area contributed by atoms with E-state index in [4.69, 9.17) is 0 Å². The van der Waals surface area contributed by atoms with Gasteiger partial charge in [-0.15, -0.1) is 0 Å². The van der Waals surface area contributed by atoms with Crippen LogP contribution >= 0.6 is 0 Å². The average molecular weight is 430 g/mol. The molecule has 2 aliphatic carbocycles.